The molecule has 2 heteroatoms. The van der Waals surface area contributed by atoms with E-state index in [2.05, 4.69) is 48.3 Å². The van der Waals surface area contributed by atoms with Crippen molar-refractivity contribution < 1.29 is 0 Å². The average molecular weight is 274 g/mol. The highest BCUT2D eigenvalue weighted by atomic mass is 15.2. The molecule has 2 rings (SSSR count). The third kappa shape index (κ3) is 4.16. The van der Waals surface area contributed by atoms with Gasteiger partial charge in [-0.25, -0.2) is 0 Å². The van der Waals surface area contributed by atoms with Gasteiger partial charge >= 0.3 is 0 Å². The van der Waals surface area contributed by atoms with E-state index in [1.807, 2.05) is 0 Å². The summed E-state index contributed by atoms with van der Waals surface area (Å²) in [7, 11) is 0. The Kier molecular flexibility index (Phi) is 6.23. The van der Waals surface area contributed by atoms with Gasteiger partial charge in [0.1, 0.15) is 0 Å². The number of hydrogen-bond acceptors (Lipinski definition) is 2. The second-order valence-corrected chi connectivity index (χ2v) is 6.06. The lowest BCUT2D eigenvalue weighted by molar-refractivity contribution is 0.562. The van der Waals surface area contributed by atoms with E-state index in [4.69, 9.17) is 0 Å². The van der Waals surface area contributed by atoms with Crippen LogP contribution in [0.1, 0.15) is 58.8 Å². The fourth-order valence-electron chi connectivity index (χ4n) is 3.06. The molecular formula is C18H30N2. The molecule has 0 amide bonds. The Morgan fingerprint density at radius 1 is 1.05 bits per heavy atom. The van der Waals surface area contributed by atoms with E-state index in [1.54, 1.807) is 0 Å². The van der Waals surface area contributed by atoms with Crippen molar-refractivity contribution in [3.63, 3.8) is 0 Å². The summed E-state index contributed by atoms with van der Waals surface area (Å²) in [5.74, 6) is 0. The van der Waals surface area contributed by atoms with Crippen LogP contribution in [-0.2, 0) is 0 Å². The van der Waals surface area contributed by atoms with Gasteiger partial charge in [-0.1, -0.05) is 57.6 Å². The molecule has 1 aromatic carbocycles. The SMILES string of the molecule is CCCCCCCCCN1c2ccccc2NCC1C. The molecule has 1 aromatic rings. The molecule has 0 spiro atoms. The van der Waals surface area contributed by atoms with E-state index in [1.165, 1.54) is 62.9 Å². The lowest BCUT2D eigenvalue weighted by Gasteiger charge is -2.37. The van der Waals surface area contributed by atoms with Crippen molar-refractivity contribution in [2.24, 2.45) is 0 Å². The van der Waals surface area contributed by atoms with Gasteiger partial charge in [0.05, 0.1) is 11.4 Å². The standard InChI is InChI=1S/C18H30N2/c1-3-4-5-6-7-8-11-14-20-16(2)15-19-17-12-9-10-13-18(17)20/h9-10,12-13,16,19H,3-8,11,14-15H2,1-2H3. The second kappa shape index (κ2) is 8.18. The van der Waals surface area contributed by atoms with E-state index in [0.717, 1.165) is 6.54 Å². The van der Waals surface area contributed by atoms with Crippen LogP contribution in [0.25, 0.3) is 0 Å². The van der Waals surface area contributed by atoms with Crippen LogP contribution in [0.4, 0.5) is 11.4 Å². The maximum absolute atomic E-state index is 3.53. The first-order chi connectivity index (χ1) is 9.83. The highest BCUT2D eigenvalue weighted by Crippen LogP contribution is 2.31. The molecule has 2 nitrogen and oxygen atoms in total. The van der Waals surface area contributed by atoms with E-state index in [9.17, 15) is 0 Å². The topological polar surface area (TPSA) is 15.3 Å². The van der Waals surface area contributed by atoms with Gasteiger partial charge in [0.25, 0.3) is 0 Å². The van der Waals surface area contributed by atoms with Crippen LogP contribution < -0.4 is 10.2 Å². The molecule has 0 saturated carbocycles. The first-order valence-electron chi connectivity index (χ1n) is 8.42. The van der Waals surface area contributed by atoms with Crippen LogP contribution in [0.5, 0.6) is 0 Å². The smallest absolute Gasteiger partial charge is 0.0605 e. The molecule has 20 heavy (non-hydrogen) atoms. The van der Waals surface area contributed by atoms with Gasteiger partial charge in [0.2, 0.25) is 0 Å². The first-order valence-corrected chi connectivity index (χ1v) is 8.42. The predicted molar refractivity (Wildman–Crippen MR) is 89.7 cm³/mol. The summed E-state index contributed by atoms with van der Waals surface area (Å²) < 4.78 is 0. The van der Waals surface area contributed by atoms with Crippen LogP contribution in [0, 0.1) is 0 Å². The van der Waals surface area contributed by atoms with Gasteiger partial charge < -0.3 is 10.2 Å². The third-order valence-corrected chi connectivity index (χ3v) is 4.34. The summed E-state index contributed by atoms with van der Waals surface area (Å²) in [6.45, 7) is 6.87. The fourth-order valence-corrected chi connectivity index (χ4v) is 3.06. The molecule has 0 bridgehead atoms. The number of rotatable bonds is 8. The Hall–Kier alpha value is -1.18. The van der Waals surface area contributed by atoms with E-state index in [0.29, 0.717) is 6.04 Å². The van der Waals surface area contributed by atoms with Gasteiger partial charge in [-0.05, 0) is 25.5 Å². The summed E-state index contributed by atoms with van der Waals surface area (Å²) in [5.41, 5.74) is 2.69. The number of fused-ring (bicyclic) bond motifs is 1. The van der Waals surface area contributed by atoms with Crippen molar-refractivity contribution in [3.8, 4) is 0 Å². The number of unbranched alkanes of at least 4 members (excludes halogenated alkanes) is 6. The van der Waals surface area contributed by atoms with Crippen molar-refractivity contribution >= 4 is 11.4 Å². The molecule has 0 saturated heterocycles. The van der Waals surface area contributed by atoms with Crippen LogP contribution in [-0.4, -0.2) is 19.1 Å². The molecule has 1 aliphatic heterocycles. The minimum atomic E-state index is 0.602. The summed E-state index contributed by atoms with van der Waals surface area (Å²) in [6, 6.07) is 9.31. The maximum Gasteiger partial charge on any atom is 0.0605 e. The summed E-state index contributed by atoms with van der Waals surface area (Å²) in [5, 5.41) is 3.53. The van der Waals surface area contributed by atoms with Gasteiger partial charge in [-0.3, -0.25) is 0 Å². The Balaban J connectivity index is 1.75. The van der Waals surface area contributed by atoms with E-state index < -0.39 is 0 Å². The monoisotopic (exact) mass is 274 g/mol. The Labute approximate surface area is 124 Å². The quantitative estimate of drug-likeness (QED) is 0.667. The molecule has 1 N–H and O–H groups in total. The molecule has 1 unspecified atom stereocenters. The molecule has 112 valence electrons. The molecule has 0 aliphatic carbocycles. The molecule has 1 aliphatic rings. The molecule has 0 aromatic heterocycles. The zero-order valence-corrected chi connectivity index (χ0v) is 13.2. The maximum atomic E-state index is 3.53. The predicted octanol–water partition coefficient (Wildman–Crippen LogP) is 5.06. The number of benzene rings is 1. The number of nitrogens with zero attached hydrogens (tertiary/aromatic N) is 1. The number of nitrogens with one attached hydrogen (secondary N) is 1. The Bertz CT molecular complexity index is 389. The van der Waals surface area contributed by atoms with Crippen LogP contribution >= 0.6 is 0 Å². The van der Waals surface area contributed by atoms with Crippen molar-refractivity contribution in [2.45, 2.75) is 64.8 Å². The van der Waals surface area contributed by atoms with Gasteiger partial charge in [0.15, 0.2) is 0 Å². The Morgan fingerprint density at radius 3 is 2.55 bits per heavy atom. The second-order valence-electron chi connectivity index (χ2n) is 6.06. The Morgan fingerprint density at radius 2 is 1.75 bits per heavy atom. The van der Waals surface area contributed by atoms with Crippen molar-refractivity contribution in [1.82, 2.24) is 0 Å². The zero-order chi connectivity index (χ0) is 14.2. The third-order valence-electron chi connectivity index (χ3n) is 4.34. The summed E-state index contributed by atoms with van der Waals surface area (Å²) >= 11 is 0. The summed E-state index contributed by atoms with van der Waals surface area (Å²) in [4.78, 5) is 2.58. The van der Waals surface area contributed by atoms with Gasteiger partial charge in [-0.15, -0.1) is 0 Å². The molecule has 0 radical (unpaired) electrons. The first kappa shape index (κ1) is 15.2. The number of hydrogen-bond donors (Lipinski definition) is 1. The van der Waals surface area contributed by atoms with Crippen molar-refractivity contribution in [1.29, 1.82) is 0 Å². The van der Waals surface area contributed by atoms with E-state index in [-0.39, 0.29) is 0 Å². The van der Waals surface area contributed by atoms with Crippen LogP contribution in [0.15, 0.2) is 24.3 Å². The molecular weight excluding hydrogens is 244 g/mol. The lowest BCUT2D eigenvalue weighted by atomic mass is 10.1. The average Bonchev–Trinajstić information content (AvgIpc) is 2.48. The normalized spacial score (nSPS) is 17.7. The lowest BCUT2D eigenvalue weighted by Crippen LogP contribution is -2.42. The summed E-state index contributed by atoms with van der Waals surface area (Å²) in [6.07, 6.45) is 9.69. The minimum absolute atomic E-state index is 0.602. The van der Waals surface area contributed by atoms with Gasteiger partial charge in [0, 0.05) is 19.1 Å². The molecule has 0 fully saturated rings. The molecule has 1 atom stereocenters. The highest BCUT2D eigenvalue weighted by Gasteiger charge is 2.21. The van der Waals surface area contributed by atoms with E-state index >= 15 is 0 Å². The van der Waals surface area contributed by atoms with Crippen molar-refractivity contribution in [3.05, 3.63) is 24.3 Å². The van der Waals surface area contributed by atoms with Crippen LogP contribution in [0.3, 0.4) is 0 Å². The fraction of sp³-hybridized carbons (Fsp3) is 0.667. The van der Waals surface area contributed by atoms with Crippen LogP contribution in [0.2, 0.25) is 0 Å². The minimum Gasteiger partial charge on any atom is -0.381 e. The largest absolute Gasteiger partial charge is 0.381 e. The highest BCUT2D eigenvalue weighted by molar-refractivity contribution is 5.72. The number of para-hydroxylation sites is 2. The number of anilines is 2. The van der Waals surface area contributed by atoms with Gasteiger partial charge in [-0.2, -0.15) is 0 Å². The zero-order valence-electron chi connectivity index (χ0n) is 13.2. The van der Waals surface area contributed by atoms with Crippen molar-refractivity contribution in [2.75, 3.05) is 23.3 Å². The molecule has 1 heterocycles.